The van der Waals surface area contributed by atoms with Gasteiger partial charge in [-0.3, -0.25) is 4.90 Å². The molecule has 0 saturated carbocycles. The van der Waals surface area contributed by atoms with E-state index in [9.17, 15) is 0 Å². The van der Waals surface area contributed by atoms with Gasteiger partial charge in [-0.1, -0.05) is 36.4 Å². The lowest BCUT2D eigenvalue weighted by molar-refractivity contribution is 0.201. The minimum atomic E-state index is -0.0695. The molecule has 0 bridgehead atoms. The first-order chi connectivity index (χ1) is 18.1. The van der Waals surface area contributed by atoms with Crippen LogP contribution in [0.4, 0.5) is 5.69 Å². The van der Waals surface area contributed by atoms with Gasteiger partial charge in [-0.15, -0.1) is 5.10 Å². The molecule has 4 aromatic rings. The Balaban J connectivity index is 1.42. The maximum atomic E-state index is 5.41. The van der Waals surface area contributed by atoms with Gasteiger partial charge in [-0.25, -0.2) is 4.68 Å². The number of piperazine rings is 1. The topological polar surface area (TPSA) is 68.5 Å². The molecule has 0 radical (unpaired) electrons. The van der Waals surface area contributed by atoms with Crippen molar-refractivity contribution in [2.24, 2.45) is 0 Å². The number of nitrogens with zero attached hydrogens (tertiary/aromatic N) is 6. The summed E-state index contributed by atoms with van der Waals surface area (Å²) in [5, 5.41) is 13.0. The van der Waals surface area contributed by atoms with Gasteiger partial charge < -0.3 is 14.4 Å². The number of aryl methyl sites for hydroxylation is 1. The maximum absolute atomic E-state index is 5.41. The normalized spacial score (nSPS) is 15.0. The molecule has 1 aliphatic heterocycles. The number of hydrogen-bond acceptors (Lipinski definition) is 7. The van der Waals surface area contributed by atoms with Gasteiger partial charge >= 0.3 is 0 Å². The van der Waals surface area contributed by atoms with Crippen molar-refractivity contribution in [1.29, 1.82) is 0 Å². The molecule has 1 aromatic heterocycles. The Morgan fingerprint density at radius 1 is 0.811 bits per heavy atom. The van der Waals surface area contributed by atoms with Gasteiger partial charge in [0.05, 0.1) is 26.8 Å². The lowest BCUT2D eigenvalue weighted by Gasteiger charge is -2.40. The average molecular weight is 499 g/mol. The first-order valence-electron chi connectivity index (χ1n) is 12.7. The van der Waals surface area contributed by atoms with Crippen molar-refractivity contribution in [2.45, 2.75) is 26.4 Å². The van der Waals surface area contributed by atoms with Gasteiger partial charge in [0.15, 0.2) is 5.82 Å². The molecule has 37 heavy (non-hydrogen) atoms. The molecule has 192 valence electrons. The molecule has 1 aliphatic rings. The largest absolute Gasteiger partial charge is 0.497 e. The standard InChI is InChI=1S/C29H34N6O2/c1-21-6-5-7-27(22(21)2)33-16-18-34(19-17-33)28(24-10-14-26(37-4)15-11-24)29-30-31-32-35(29)20-23-8-12-25(36-3)13-9-23/h5-15,28H,16-20H2,1-4H3/t28-/m0/s1. The van der Waals surface area contributed by atoms with Crippen LogP contribution in [-0.2, 0) is 6.54 Å². The summed E-state index contributed by atoms with van der Waals surface area (Å²) < 4.78 is 12.6. The lowest BCUT2D eigenvalue weighted by Crippen LogP contribution is -2.48. The number of hydrogen-bond donors (Lipinski definition) is 0. The summed E-state index contributed by atoms with van der Waals surface area (Å²) in [6, 6.07) is 22.8. The average Bonchev–Trinajstić information content (AvgIpc) is 3.39. The van der Waals surface area contributed by atoms with Gasteiger partial charge in [0.1, 0.15) is 11.5 Å². The monoisotopic (exact) mass is 498 g/mol. The predicted octanol–water partition coefficient (Wildman–Crippen LogP) is 4.27. The van der Waals surface area contributed by atoms with E-state index in [1.165, 1.54) is 16.8 Å². The number of methoxy groups -OCH3 is 2. The number of tetrazole rings is 1. The van der Waals surface area contributed by atoms with Crippen LogP contribution in [-0.4, -0.2) is 65.5 Å². The van der Waals surface area contributed by atoms with Crippen LogP contribution in [0, 0.1) is 13.8 Å². The van der Waals surface area contributed by atoms with Crippen LogP contribution in [0.3, 0.4) is 0 Å². The van der Waals surface area contributed by atoms with Gasteiger partial charge in [0, 0.05) is 31.9 Å². The minimum absolute atomic E-state index is 0.0695. The number of rotatable bonds is 8. The Hall–Kier alpha value is -3.91. The number of anilines is 1. The molecule has 8 heteroatoms. The molecule has 0 aliphatic carbocycles. The first kappa shape index (κ1) is 24.8. The molecule has 1 fully saturated rings. The number of aromatic nitrogens is 4. The molecule has 2 heterocycles. The van der Waals surface area contributed by atoms with E-state index < -0.39 is 0 Å². The van der Waals surface area contributed by atoms with E-state index in [0.717, 1.165) is 54.6 Å². The third-order valence-corrected chi connectivity index (χ3v) is 7.32. The summed E-state index contributed by atoms with van der Waals surface area (Å²) >= 11 is 0. The fourth-order valence-electron chi connectivity index (χ4n) is 5.03. The second-order valence-electron chi connectivity index (χ2n) is 9.46. The van der Waals surface area contributed by atoms with Gasteiger partial charge in [0.2, 0.25) is 0 Å². The van der Waals surface area contributed by atoms with Crippen molar-refractivity contribution in [3.05, 3.63) is 94.8 Å². The van der Waals surface area contributed by atoms with E-state index >= 15 is 0 Å². The molecule has 5 rings (SSSR count). The molecule has 0 amide bonds. The summed E-state index contributed by atoms with van der Waals surface area (Å²) in [6.07, 6.45) is 0. The van der Waals surface area contributed by atoms with Crippen LogP contribution >= 0.6 is 0 Å². The van der Waals surface area contributed by atoms with E-state index in [2.05, 4.69) is 81.6 Å². The minimum Gasteiger partial charge on any atom is -0.497 e. The maximum Gasteiger partial charge on any atom is 0.173 e. The van der Waals surface area contributed by atoms with Crippen LogP contribution in [0.25, 0.3) is 0 Å². The highest BCUT2D eigenvalue weighted by Crippen LogP contribution is 2.31. The van der Waals surface area contributed by atoms with Crippen molar-refractivity contribution >= 4 is 5.69 Å². The third-order valence-electron chi connectivity index (χ3n) is 7.32. The number of benzene rings is 3. The Kier molecular flexibility index (Phi) is 7.37. The summed E-state index contributed by atoms with van der Waals surface area (Å²) in [6.45, 7) is 8.66. The second-order valence-corrected chi connectivity index (χ2v) is 9.46. The van der Waals surface area contributed by atoms with Crippen molar-refractivity contribution < 1.29 is 9.47 Å². The predicted molar refractivity (Wildman–Crippen MR) is 144 cm³/mol. The Bertz CT molecular complexity index is 1310. The first-order valence-corrected chi connectivity index (χ1v) is 12.7. The molecule has 3 aromatic carbocycles. The highest BCUT2D eigenvalue weighted by atomic mass is 16.5. The fraction of sp³-hybridized carbons (Fsp3) is 0.345. The summed E-state index contributed by atoms with van der Waals surface area (Å²) in [4.78, 5) is 4.98. The van der Waals surface area contributed by atoms with Gasteiger partial charge in [-0.2, -0.15) is 0 Å². The highest BCUT2D eigenvalue weighted by molar-refractivity contribution is 5.56. The molecule has 8 nitrogen and oxygen atoms in total. The Morgan fingerprint density at radius 2 is 1.46 bits per heavy atom. The molecular formula is C29H34N6O2. The van der Waals surface area contributed by atoms with Crippen molar-refractivity contribution in [1.82, 2.24) is 25.1 Å². The Morgan fingerprint density at radius 3 is 2.11 bits per heavy atom. The van der Waals surface area contributed by atoms with Crippen LogP contribution in [0.5, 0.6) is 11.5 Å². The van der Waals surface area contributed by atoms with Crippen molar-refractivity contribution in [2.75, 3.05) is 45.3 Å². The van der Waals surface area contributed by atoms with E-state index in [1.807, 2.05) is 28.9 Å². The van der Waals surface area contributed by atoms with E-state index in [-0.39, 0.29) is 6.04 Å². The zero-order chi connectivity index (χ0) is 25.8. The van der Waals surface area contributed by atoms with Crippen molar-refractivity contribution in [3.63, 3.8) is 0 Å². The molecule has 1 saturated heterocycles. The Labute approximate surface area is 218 Å². The second kappa shape index (κ2) is 11.0. The molecule has 0 N–H and O–H groups in total. The molecule has 0 spiro atoms. The fourth-order valence-corrected chi connectivity index (χ4v) is 5.03. The van der Waals surface area contributed by atoms with Crippen LogP contribution in [0.2, 0.25) is 0 Å². The third kappa shape index (κ3) is 5.29. The summed E-state index contributed by atoms with van der Waals surface area (Å²) in [5.74, 6) is 2.50. The van der Waals surface area contributed by atoms with Crippen molar-refractivity contribution in [3.8, 4) is 11.5 Å². The van der Waals surface area contributed by atoms with E-state index in [1.54, 1.807) is 14.2 Å². The smallest absolute Gasteiger partial charge is 0.173 e. The summed E-state index contributed by atoms with van der Waals surface area (Å²) in [7, 11) is 3.36. The quantitative estimate of drug-likeness (QED) is 0.359. The summed E-state index contributed by atoms with van der Waals surface area (Å²) in [5.41, 5.74) is 6.26. The SMILES string of the molecule is COc1ccc(Cn2nnnc2[C@H](c2ccc(OC)cc2)N2CCN(c3cccc(C)c3C)CC2)cc1. The highest BCUT2D eigenvalue weighted by Gasteiger charge is 2.31. The van der Waals surface area contributed by atoms with Crippen LogP contribution in [0.1, 0.15) is 34.1 Å². The zero-order valence-corrected chi connectivity index (χ0v) is 22.0. The van der Waals surface area contributed by atoms with Crippen LogP contribution in [0.15, 0.2) is 66.7 Å². The van der Waals surface area contributed by atoms with E-state index in [4.69, 9.17) is 9.47 Å². The van der Waals surface area contributed by atoms with Crippen LogP contribution < -0.4 is 14.4 Å². The zero-order valence-electron chi connectivity index (χ0n) is 22.0. The molecular weight excluding hydrogens is 464 g/mol. The molecule has 1 atom stereocenters. The van der Waals surface area contributed by atoms with Gasteiger partial charge in [0.25, 0.3) is 0 Å². The lowest BCUT2D eigenvalue weighted by atomic mass is 10.0. The van der Waals surface area contributed by atoms with E-state index in [0.29, 0.717) is 6.54 Å². The number of ether oxygens (including phenoxy) is 2. The van der Waals surface area contributed by atoms with Gasteiger partial charge in [-0.05, 0) is 76.9 Å². The molecule has 0 unspecified atom stereocenters.